The van der Waals surface area contributed by atoms with Gasteiger partial charge in [0, 0.05) is 33.0 Å². The number of hydrogen-bond acceptors (Lipinski definition) is 1. The zero-order valence-electron chi connectivity index (χ0n) is 38.4. The van der Waals surface area contributed by atoms with Gasteiger partial charge in [-0.1, -0.05) is 213 Å². The average molecular weight is 873 g/mol. The van der Waals surface area contributed by atoms with Crippen LogP contribution in [0, 0.1) is 0 Å². The summed E-state index contributed by atoms with van der Waals surface area (Å²) >= 11 is 0. The van der Waals surface area contributed by atoms with Crippen molar-refractivity contribution >= 4 is 49.6 Å². The Kier molecular flexibility index (Phi) is 9.75. The van der Waals surface area contributed by atoms with E-state index < -0.39 is 0 Å². The number of fused-ring (bicyclic) bond motifs is 7. The van der Waals surface area contributed by atoms with Gasteiger partial charge in [0.05, 0.1) is 28.1 Å². The van der Waals surface area contributed by atoms with Gasteiger partial charge >= 0.3 is 0 Å². The number of benzene rings is 10. The lowest BCUT2D eigenvalue weighted by molar-refractivity contribution is 0.445. The van der Waals surface area contributed by atoms with Crippen molar-refractivity contribution in [3.63, 3.8) is 0 Å². The van der Waals surface area contributed by atoms with Crippen LogP contribution in [0.15, 0.2) is 231 Å². The molecule has 1 atom stereocenters. The Morgan fingerprint density at radius 1 is 0.426 bits per heavy atom. The molecule has 2 aliphatic rings. The molecular weight excluding hydrogens is 821 g/mol. The second kappa shape index (κ2) is 16.4. The highest BCUT2D eigenvalue weighted by Crippen LogP contribution is 2.57. The summed E-state index contributed by atoms with van der Waals surface area (Å²) in [7, 11) is 0. The van der Waals surface area contributed by atoms with Gasteiger partial charge in [0.15, 0.2) is 0 Å². The SMILES string of the molecule is CC1(c2ccccc2)c2ccccc2-c2c(-c3ccccc3N(c3ccccc3-c3cccc4cccc(C5CCCCC5)c34)c3cccc4c5ccccc5n(-c5ccccc5)c34)cccc21. The van der Waals surface area contributed by atoms with Crippen molar-refractivity contribution in [1.82, 2.24) is 4.57 Å². The first-order valence-corrected chi connectivity index (χ1v) is 24.6. The molecule has 0 amide bonds. The summed E-state index contributed by atoms with van der Waals surface area (Å²) < 4.78 is 2.49. The molecule has 0 spiro atoms. The topological polar surface area (TPSA) is 8.17 Å². The zero-order valence-corrected chi connectivity index (χ0v) is 38.4. The largest absolute Gasteiger partial charge is 0.307 e. The number of nitrogens with zero attached hydrogens (tertiary/aromatic N) is 2. The lowest BCUT2D eigenvalue weighted by Crippen LogP contribution is -2.22. The van der Waals surface area contributed by atoms with Crippen molar-refractivity contribution in [3.8, 4) is 39.1 Å². The molecule has 68 heavy (non-hydrogen) atoms. The Morgan fingerprint density at radius 3 is 1.75 bits per heavy atom. The molecule has 1 heterocycles. The van der Waals surface area contributed by atoms with Gasteiger partial charge < -0.3 is 9.47 Å². The fourth-order valence-corrected chi connectivity index (χ4v) is 12.4. The van der Waals surface area contributed by atoms with Crippen LogP contribution < -0.4 is 4.90 Å². The molecule has 326 valence electrons. The first-order valence-electron chi connectivity index (χ1n) is 24.6. The minimum Gasteiger partial charge on any atom is -0.307 e. The highest BCUT2D eigenvalue weighted by Gasteiger charge is 2.42. The normalized spacial score (nSPS) is 15.7. The van der Waals surface area contributed by atoms with Gasteiger partial charge in [-0.15, -0.1) is 0 Å². The molecule has 0 saturated heterocycles. The van der Waals surface area contributed by atoms with Gasteiger partial charge in [0.25, 0.3) is 0 Å². The summed E-state index contributed by atoms with van der Waals surface area (Å²) in [5.74, 6) is 0.553. The summed E-state index contributed by atoms with van der Waals surface area (Å²) in [5, 5.41) is 5.15. The monoisotopic (exact) mass is 872 g/mol. The van der Waals surface area contributed by atoms with Crippen LogP contribution in [0.4, 0.5) is 17.1 Å². The van der Waals surface area contributed by atoms with Crippen LogP contribution in [-0.2, 0) is 5.41 Å². The second-order valence-corrected chi connectivity index (χ2v) is 19.1. The number of rotatable bonds is 8. The quantitative estimate of drug-likeness (QED) is 0.148. The summed E-state index contributed by atoms with van der Waals surface area (Å²) in [4.78, 5) is 2.60. The van der Waals surface area contributed by atoms with E-state index >= 15 is 0 Å². The maximum absolute atomic E-state index is 2.60. The molecule has 10 aromatic carbocycles. The molecule has 1 unspecified atom stereocenters. The summed E-state index contributed by atoms with van der Waals surface area (Å²) in [5.41, 5.74) is 19.6. The highest BCUT2D eigenvalue weighted by molar-refractivity contribution is 6.16. The molecule has 1 aromatic heterocycles. The summed E-state index contributed by atoms with van der Waals surface area (Å²) in [6.45, 7) is 2.42. The van der Waals surface area contributed by atoms with E-state index in [1.165, 1.54) is 120 Å². The Labute approximate surface area is 399 Å². The highest BCUT2D eigenvalue weighted by atomic mass is 15.2. The van der Waals surface area contributed by atoms with Crippen LogP contribution in [0.2, 0.25) is 0 Å². The smallest absolute Gasteiger partial charge is 0.0782 e. The predicted octanol–water partition coefficient (Wildman–Crippen LogP) is 18.1. The van der Waals surface area contributed by atoms with E-state index in [-0.39, 0.29) is 5.41 Å². The second-order valence-electron chi connectivity index (χ2n) is 19.1. The molecule has 1 saturated carbocycles. The van der Waals surface area contributed by atoms with E-state index in [1.54, 1.807) is 0 Å². The molecule has 1 fully saturated rings. The molecule has 0 aliphatic heterocycles. The van der Waals surface area contributed by atoms with E-state index in [1.807, 2.05) is 0 Å². The van der Waals surface area contributed by atoms with Gasteiger partial charge in [0.2, 0.25) is 0 Å². The van der Waals surface area contributed by atoms with Gasteiger partial charge in [-0.3, -0.25) is 0 Å². The molecule has 0 radical (unpaired) electrons. The Balaban J connectivity index is 1.13. The third kappa shape index (κ3) is 6.24. The fourth-order valence-electron chi connectivity index (χ4n) is 12.4. The van der Waals surface area contributed by atoms with Gasteiger partial charge in [-0.25, -0.2) is 0 Å². The number of aromatic nitrogens is 1. The third-order valence-electron chi connectivity index (χ3n) is 15.5. The molecule has 0 bridgehead atoms. The van der Waals surface area contributed by atoms with E-state index in [4.69, 9.17) is 0 Å². The Hall–Kier alpha value is -7.94. The first kappa shape index (κ1) is 40.3. The Morgan fingerprint density at radius 2 is 0.971 bits per heavy atom. The minimum atomic E-state index is -0.322. The van der Waals surface area contributed by atoms with Gasteiger partial charge in [-0.05, 0) is 117 Å². The number of para-hydroxylation sites is 5. The lowest BCUT2D eigenvalue weighted by Gasteiger charge is -2.32. The fraction of sp³-hybridized carbons (Fsp3) is 0.121. The molecule has 13 rings (SSSR count). The van der Waals surface area contributed by atoms with Crippen molar-refractivity contribution in [2.45, 2.75) is 50.4 Å². The molecule has 0 N–H and O–H groups in total. The van der Waals surface area contributed by atoms with Gasteiger partial charge in [0.1, 0.15) is 0 Å². The first-order chi connectivity index (χ1) is 33.7. The van der Waals surface area contributed by atoms with Crippen molar-refractivity contribution in [1.29, 1.82) is 0 Å². The third-order valence-corrected chi connectivity index (χ3v) is 15.5. The van der Waals surface area contributed by atoms with E-state index in [9.17, 15) is 0 Å². The standard InChI is InChI=1S/C66H52N2/c1-66(47-27-7-3-8-28-47)57-39-15-11-34-56(57)64-54(37-21-40-58(64)66)51-32-13-18-43-61(51)68(62-44-22-38-55-52-33-14-16-41-59(52)67(65(55)62)48-29-9-4-10-30-48)60-42-17-12-31-50(60)53-36-20-26-46-25-19-35-49(63(46)53)45-23-5-2-6-24-45/h3-4,7-22,25-45H,2,5-6,23-24H2,1H3. The minimum absolute atomic E-state index is 0.322. The molecular formula is C66H52N2. The summed E-state index contributed by atoms with van der Waals surface area (Å²) in [6, 6.07) is 86.3. The van der Waals surface area contributed by atoms with Crippen LogP contribution in [0.5, 0.6) is 0 Å². The maximum atomic E-state index is 2.60. The van der Waals surface area contributed by atoms with Crippen LogP contribution in [0.1, 0.15) is 67.2 Å². The van der Waals surface area contributed by atoms with E-state index in [0.717, 1.165) is 22.7 Å². The lowest BCUT2D eigenvalue weighted by atomic mass is 9.74. The number of anilines is 3. The molecule has 2 heteroatoms. The van der Waals surface area contributed by atoms with Crippen molar-refractivity contribution < 1.29 is 0 Å². The predicted molar refractivity (Wildman–Crippen MR) is 287 cm³/mol. The van der Waals surface area contributed by atoms with Crippen molar-refractivity contribution in [3.05, 3.63) is 253 Å². The van der Waals surface area contributed by atoms with E-state index in [0.29, 0.717) is 5.92 Å². The maximum Gasteiger partial charge on any atom is 0.0782 e. The van der Waals surface area contributed by atoms with Crippen LogP contribution in [0.25, 0.3) is 71.6 Å². The molecule has 2 nitrogen and oxygen atoms in total. The summed E-state index contributed by atoms with van der Waals surface area (Å²) in [6.07, 6.45) is 6.41. The van der Waals surface area contributed by atoms with Crippen molar-refractivity contribution in [2.75, 3.05) is 4.90 Å². The van der Waals surface area contributed by atoms with Crippen LogP contribution in [0.3, 0.4) is 0 Å². The van der Waals surface area contributed by atoms with Gasteiger partial charge in [-0.2, -0.15) is 0 Å². The molecule has 2 aliphatic carbocycles. The molecule has 11 aromatic rings. The average Bonchev–Trinajstić information content (AvgIpc) is 3.90. The van der Waals surface area contributed by atoms with Crippen molar-refractivity contribution in [2.24, 2.45) is 0 Å². The number of hydrogen-bond donors (Lipinski definition) is 0. The zero-order chi connectivity index (χ0) is 45.2. The van der Waals surface area contributed by atoms with Crippen LogP contribution >= 0.6 is 0 Å². The Bertz CT molecular complexity index is 3680. The van der Waals surface area contributed by atoms with E-state index in [2.05, 4.69) is 247 Å². The van der Waals surface area contributed by atoms with Crippen LogP contribution in [-0.4, -0.2) is 4.57 Å².